The molecule has 2 aromatic rings. The van der Waals surface area contributed by atoms with E-state index in [2.05, 4.69) is 25.2 Å². The van der Waals surface area contributed by atoms with E-state index in [0.717, 1.165) is 63.2 Å². The first-order valence-corrected chi connectivity index (χ1v) is 10.7. The number of hydrogen-bond acceptors (Lipinski definition) is 6. The van der Waals surface area contributed by atoms with Crippen LogP contribution in [0, 0.1) is 11.8 Å². The SMILES string of the molecule is CO[C@H]1C[C@@H]2CNC[C@@H]2C[C@@H]1NC(=O)c1cnc2c(c1)ncn2C1CCOCC1.Cl.Cl. The summed E-state index contributed by atoms with van der Waals surface area (Å²) in [6.45, 7) is 3.63. The Morgan fingerprint density at radius 1 is 1.19 bits per heavy atom. The molecule has 8 nitrogen and oxygen atoms in total. The molecule has 0 aromatic carbocycles. The molecule has 2 saturated heterocycles. The standard InChI is InChI=1S/C21H29N5O3.2ClH/c1-28-19-8-14-10-22-9-13(14)6-17(19)25-21(27)15-7-18-20(23-11-15)26(12-24-18)16-2-4-29-5-3-16;;/h7,11-14,16-17,19,22H,2-6,8-10H2,1H3,(H,25,27);2*1H/t13-,14+,17-,19-;;/m0../s1. The number of ether oxygens (including phenoxy) is 2. The first-order chi connectivity index (χ1) is 14.2. The minimum Gasteiger partial charge on any atom is -0.381 e. The van der Waals surface area contributed by atoms with E-state index in [-0.39, 0.29) is 42.9 Å². The van der Waals surface area contributed by atoms with Gasteiger partial charge in [0.05, 0.1) is 24.0 Å². The van der Waals surface area contributed by atoms with Crippen LogP contribution in [0.1, 0.15) is 42.1 Å². The first-order valence-electron chi connectivity index (χ1n) is 10.7. The quantitative estimate of drug-likeness (QED) is 0.711. The van der Waals surface area contributed by atoms with E-state index in [9.17, 15) is 4.79 Å². The number of imidazole rings is 1. The highest BCUT2D eigenvalue weighted by atomic mass is 35.5. The van der Waals surface area contributed by atoms with Gasteiger partial charge in [-0.15, -0.1) is 24.8 Å². The van der Waals surface area contributed by atoms with Crippen LogP contribution in [0.4, 0.5) is 0 Å². The van der Waals surface area contributed by atoms with Crippen molar-refractivity contribution in [3.05, 3.63) is 24.2 Å². The highest BCUT2D eigenvalue weighted by molar-refractivity contribution is 5.96. The van der Waals surface area contributed by atoms with Gasteiger partial charge in [0.1, 0.15) is 5.52 Å². The van der Waals surface area contributed by atoms with Gasteiger partial charge in [0, 0.05) is 32.6 Å². The summed E-state index contributed by atoms with van der Waals surface area (Å²) in [4.78, 5) is 22.0. The van der Waals surface area contributed by atoms with Gasteiger partial charge in [-0.3, -0.25) is 4.79 Å². The fraction of sp³-hybridized carbons (Fsp3) is 0.667. The Bertz CT molecular complexity index is 889. The van der Waals surface area contributed by atoms with Crippen LogP contribution in [0.3, 0.4) is 0 Å². The zero-order valence-corrected chi connectivity index (χ0v) is 19.3. The molecule has 31 heavy (non-hydrogen) atoms. The lowest BCUT2D eigenvalue weighted by Crippen LogP contribution is -2.50. The van der Waals surface area contributed by atoms with Crippen molar-refractivity contribution in [2.75, 3.05) is 33.4 Å². The molecule has 0 radical (unpaired) electrons. The van der Waals surface area contributed by atoms with E-state index in [1.54, 1.807) is 13.3 Å². The van der Waals surface area contributed by atoms with Gasteiger partial charge in [0.25, 0.3) is 5.91 Å². The van der Waals surface area contributed by atoms with Crippen molar-refractivity contribution in [1.82, 2.24) is 25.2 Å². The molecule has 2 aliphatic heterocycles. The van der Waals surface area contributed by atoms with Crippen LogP contribution in [0.2, 0.25) is 0 Å². The van der Waals surface area contributed by atoms with Gasteiger partial charge in [-0.1, -0.05) is 0 Å². The number of rotatable bonds is 4. The Labute approximate surface area is 194 Å². The molecule has 3 aliphatic rings. The maximum atomic E-state index is 12.9. The minimum absolute atomic E-state index is 0. The molecule has 1 saturated carbocycles. The van der Waals surface area contributed by atoms with E-state index in [1.807, 2.05) is 12.4 Å². The summed E-state index contributed by atoms with van der Waals surface area (Å²) in [6.07, 6.45) is 7.44. The van der Waals surface area contributed by atoms with Crippen molar-refractivity contribution in [1.29, 1.82) is 0 Å². The molecule has 3 fully saturated rings. The van der Waals surface area contributed by atoms with Gasteiger partial charge in [-0.05, 0) is 56.7 Å². The van der Waals surface area contributed by atoms with Crippen LogP contribution in [-0.2, 0) is 9.47 Å². The van der Waals surface area contributed by atoms with E-state index in [1.165, 1.54) is 0 Å². The number of halogens is 2. The molecule has 2 N–H and O–H groups in total. The number of carbonyl (C=O) groups is 1. The Morgan fingerprint density at radius 2 is 1.94 bits per heavy atom. The lowest BCUT2D eigenvalue weighted by Gasteiger charge is -2.37. The number of nitrogens with one attached hydrogen (secondary N) is 2. The predicted molar refractivity (Wildman–Crippen MR) is 122 cm³/mol. The Morgan fingerprint density at radius 3 is 2.68 bits per heavy atom. The smallest absolute Gasteiger partial charge is 0.253 e. The van der Waals surface area contributed by atoms with Crippen molar-refractivity contribution in [2.24, 2.45) is 11.8 Å². The van der Waals surface area contributed by atoms with Crippen LogP contribution < -0.4 is 10.6 Å². The Kier molecular flexibility index (Phi) is 8.15. The Balaban J connectivity index is 0.00000136. The summed E-state index contributed by atoms with van der Waals surface area (Å²) in [5.41, 5.74) is 2.15. The molecule has 172 valence electrons. The monoisotopic (exact) mass is 471 g/mol. The van der Waals surface area contributed by atoms with Gasteiger partial charge in [-0.2, -0.15) is 0 Å². The van der Waals surface area contributed by atoms with E-state index in [4.69, 9.17) is 9.47 Å². The lowest BCUT2D eigenvalue weighted by molar-refractivity contribution is 0.0125. The molecule has 4 atom stereocenters. The summed E-state index contributed by atoms with van der Waals surface area (Å²) in [6, 6.07) is 2.24. The van der Waals surface area contributed by atoms with Gasteiger partial charge in [0.15, 0.2) is 5.65 Å². The number of aromatic nitrogens is 3. The van der Waals surface area contributed by atoms with E-state index < -0.39 is 0 Å². The topological polar surface area (TPSA) is 90.3 Å². The van der Waals surface area contributed by atoms with Gasteiger partial charge < -0.3 is 24.7 Å². The minimum atomic E-state index is -0.100. The predicted octanol–water partition coefficient (Wildman–Crippen LogP) is 2.37. The second-order valence-electron chi connectivity index (χ2n) is 8.57. The average molecular weight is 472 g/mol. The number of fused-ring (bicyclic) bond motifs is 2. The number of carbonyl (C=O) groups excluding carboxylic acids is 1. The number of pyridine rings is 1. The summed E-state index contributed by atoms with van der Waals surface area (Å²) >= 11 is 0. The third-order valence-electron chi connectivity index (χ3n) is 6.90. The van der Waals surface area contributed by atoms with Crippen LogP contribution in [0.15, 0.2) is 18.6 Å². The highest BCUT2D eigenvalue weighted by Crippen LogP contribution is 2.34. The molecule has 5 rings (SSSR count). The zero-order valence-electron chi connectivity index (χ0n) is 17.7. The number of nitrogens with zero attached hydrogens (tertiary/aromatic N) is 3. The lowest BCUT2D eigenvalue weighted by atomic mass is 9.77. The van der Waals surface area contributed by atoms with Crippen LogP contribution in [0.5, 0.6) is 0 Å². The molecule has 4 heterocycles. The molecule has 0 bridgehead atoms. The van der Waals surface area contributed by atoms with Crippen LogP contribution in [-0.4, -0.2) is 66.0 Å². The highest BCUT2D eigenvalue weighted by Gasteiger charge is 2.40. The number of methoxy groups -OCH3 is 1. The summed E-state index contributed by atoms with van der Waals surface area (Å²) in [7, 11) is 1.74. The number of amides is 1. The summed E-state index contributed by atoms with van der Waals surface area (Å²) < 4.78 is 13.3. The van der Waals surface area contributed by atoms with Crippen LogP contribution in [0.25, 0.3) is 11.2 Å². The normalized spacial score (nSPS) is 28.4. The fourth-order valence-electron chi connectivity index (χ4n) is 5.22. The molecule has 1 amide bonds. The van der Waals surface area contributed by atoms with Crippen LogP contribution >= 0.6 is 24.8 Å². The van der Waals surface area contributed by atoms with Gasteiger partial charge in [-0.25, -0.2) is 9.97 Å². The van der Waals surface area contributed by atoms with Crippen molar-refractivity contribution >= 4 is 41.9 Å². The molecule has 0 unspecified atom stereocenters. The maximum Gasteiger partial charge on any atom is 0.253 e. The molecule has 2 aromatic heterocycles. The fourth-order valence-corrected chi connectivity index (χ4v) is 5.22. The third-order valence-corrected chi connectivity index (χ3v) is 6.90. The van der Waals surface area contributed by atoms with E-state index >= 15 is 0 Å². The van der Waals surface area contributed by atoms with E-state index in [0.29, 0.717) is 23.4 Å². The molecule has 0 spiro atoms. The average Bonchev–Trinajstić information content (AvgIpc) is 3.39. The first kappa shape index (κ1) is 24.2. The van der Waals surface area contributed by atoms with Crippen molar-refractivity contribution in [2.45, 2.75) is 43.9 Å². The maximum absolute atomic E-state index is 12.9. The van der Waals surface area contributed by atoms with Gasteiger partial charge >= 0.3 is 0 Å². The number of hydrogen-bond donors (Lipinski definition) is 2. The second kappa shape index (κ2) is 10.4. The summed E-state index contributed by atoms with van der Waals surface area (Å²) in [5, 5.41) is 6.67. The molecule has 1 aliphatic carbocycles. The van der Waals surface area contributed by atoms with Crippen molar-refractivity contribution < 1.29 is 14.3 Å². The zero-order chi connectivity index (χ0) is 19.8. The van der Waals surface area contributed by atoms with Crippen molar-refractivity contribution in [3.63, 3.8) is 0 Å². The summed E-state index contributed by atoms with van der Waals surface area (Å²) in [5.74, 6) is 1.17. The van der Waals surface area contributed by atoms with Crippen molar-refractivity contribution in [3.8, 4) is 0 Å². The van der Waals surface area contributed by atoms with Gasteiger partial charge in [0.2, 0.25) is 0 Å². The largest absolute Gasteiger partial charge is 0.381 e. The third kappa shape index (κ3) is 4.83. The Hall–Kier alpha value is -1.45. The molecular weight excluding hydrogens is 441 g/mol. The molecular formula is C21H31Cl2N5O3. The molecule has 10 heteroatoms. The second-order valence-corrected chi connectivity index (χ2v) is 8.57.